The van der Waals surface area contributed by atoms with Crippen LogP contribution < -0.4 is 0 Å². The molecular weight excluding hydrogens is 226 g/mol. The van der Waals surface area contributed by atoms with E-state index in [1.807, 2.05) is 23.4 Å². The second kappa shape index (κ2) is 6.62. The Morgan fingerprint density at radius 1 is 1.69 bits per heavy atom. The Kier molecular flexibility index (Phi) is 5.45. The summed E-state index contributed by atoms with van der Waals surface area (Å²) in [6, 6.07) is 2.04. The van der Waals surface area contributed by atoms with Gasteiger partial charge in [-0.25, -0.2) is 4.79 Å². The van der Waals surface area contributed by atoms with Crippen LogP contribution in [0.4, 0.5) is 0 Å². The molecule has 0 aromatic carbocycles. The molecule has 16 heavy (non-hydrogen) atoms. The van der Waals surface area contributed by atoms with E-state index in [-0.39, 0.29) is 0 Å². The second-order valence-electron chi connectivity index (χ2n) is 3.61. The number of nitrogens with zero attached hydrogens (tertiary/aromatic N) is 1. The number of hydrogen-bond acceptors (Lipinski definition) is 4. The lowest BCUT2D eigenvalue weighted by Gasteiger charge is -2.20. The number of carbonyl (C=O) groups is 1. The van der Waals surface area contributed by atoms with Crippen molar-refractivity contribution in [3.8, 4) is 0 Å². The van der Waals surface area contributed by atoms with E-state index < -0.39 is 12.1 Å². The minimum Gasteiger partial charge on any atom is -0.479 e. The summed E-state index contributed by atoms with van der Waals surface area (Å²) in [7, 11) is 1.90. The fourth-order valence-corrected chi connectivity index (χ4v) is 2.11. The number of aliphatic carboxylic acids is 1. The van der Waals surface area contributed by atoms with E-state index in [9.17, 15) is 4.79 Å². The Hall–Kier alpha value is -0.910. The minimum absolute atomic E-state index is 0.402. The lowest BCUT2D eigenvalue weighted by Crippen LogP contribution is -2.36. The van der Waals surface area contributed by atoms with Crippen LogP contribution in [0.25, 0.3) is 0 Å². The zero-order valence-corrected chi connectivity index (χ0v) is 10.4. The van der Waals surface area contributed by atoms with E-state index in [1.54, 1.807) is 18.3 Å². The van der Waals surface area contributed by atoms with Crippen LogP contribution in [-0.2, 0) is 16.1 Å². The van der Waals surface area contributed by atoms with Gasteiger partial charge in [0.25, 0.3) is 0 Å². The van der Waals surface area contributed by atoms with E-state index in [1.165, 1.54) is 5.56 Å². The summed E-state index contributed by atoms with van der Waals surface area (Å²) in [5.74, 6) is -0.904. The molecule has 0 aliphatic heterocycles. The molecule has 90 valence electrons. The van der Waals surface area contributed by atoms with Gasteiger partial charge in [0.1, 0.15) is 0 Å². The number of ether oxygens (including phenoxy) is 1. The fraction of sp³-hybridized carbons (Fsp3) is 0.545. The zero-order chi connectivity index (χ0) is 12.0. The molecule has 1 unspecified atom stereocenters. The minimum atomic E-state index is -0.904. The number of likely N-dealkylation sites (N-methyl/N-ethyl adjacent to an activating group) is 1. The first kappa shape index (κ1) is 13.2. The molecule has 0 radical (unpaired) electrons. The molecule has 0 bridgehead atoms. The van der Waals surface area contributed by atoms with Crippen LogP contribution in [0.5, 0.6) is 0 Å². The standard InChI is InChI=1S/C11H17NO3S/c1-3-15-10(11(13)14)7-12(2)6-9-4-5-16-8-9/h4-5,8,10H,3,6-7H2,1-2H3,(H,13,14). The molecule has 1 atom stereocenters. The predicted molar refractivity (Wildman–Crippen MR) is 63.7 cm³/mol. The summed E-state index contributed by atoms with van der Waals surface area (Å²) in [5.41, 5.74) is 1.20. The Balaban J connectivity index is 2.42. The second-order valence-corrected chi connectivity index (χ2v) is 4.39. The third-order valence-corrected chi connectivity index (χ3v) is 2.89. The van der Waals surface area contributed by atoms with E-state index in [2.05, 4.69) is 5.38 Å². The highest BCUT2D eigenvalue weighted by Gasteiger charge is 2.19. The van der Waals surface area contributed by atoms with Gasteiger partial charge in [-0.15, -0.1) is 0 Å². The van der Waals surface area contributed by atoms with Crippen molar-refractivity contribution in [2.24, 2.45) is 0 Å². The van der Waals surface area contributed by atoms with E-state index >= 15 is 0 Å². The average Bonchev–Trinajstić information content (AvgIpc) is 2.69. The summed E-state index contributed by atoms with van der Waals surface area (Å²) >= 11 is 1.64. The van der Waals surface area contributed by atoms with Gasteiger partial charge in [-0.1, -0.05) is 0 Å². The first-order valence-corrected chi connectivity index (χ1v) is 6.11. The monoisotopic (exact) mass is 243 g/mol. The third-order valence-electron chi connectivity index (χ3n) is 2.15. The molecule has 0 aliphatic rings. The summed E-state index contributed by atoms with van der Waals surface area (Å²) in [5, 5.41) is 13.0. The van der Waals surface area contributed by atoms with Crippen molar-refractivity contribution in [1.29, 1.82) is 0 Å². The lowest BCUT2D eigenvalue weighted by molar-refractivity contribution is -0.151. The number of thiophene rings is 1. The van der Waals surface area contributed by atoms with Crippen molar-refractivity contribution in [3.05, 3.63) is 22.4 Å². The van der Waals surface area contributed by atoms with E-state index in [4.69, 9.17) is 9.84 Å². The van der Waals surface area contributed by atoms with Crippen LogP contribution in [0, 0.1) is 0 Å². The highest BCUT2D eigenvalue weighted by atomic mass is 32.1. The molecule has 1 aromatic rings. The molecule has 4 nitrogen and oxygen atoms in total. The molecule has 0 spiro atoms. The maximum atomic E-state index is 10.9. The van der Waals surface area contributed by atoms with Crippen LogP contribution in [0.1, 0.15) is 12.5 Å². The van der Waals surface area contributed by atoms with Crippen molar-refractivity contribution >= 4 is 17.3 Å². The highest BCUT2D eigenvalue weighted by Crippen LogP contribution is 2.09. The van der Waals surface area contributed by atoms with Gasteiger partial charge in [-0.05, 0) is 36.4 Å². The van der Waals surface area contributed by atoms with E-state index in [0.717, 1.165) is 6.54 Å². The van der Waals surface area contributed by atoms with Gasteiger partial charge in [-0.2, -0.15) is 11.3 Å². The smallest absolute Gasteiger partial charge is 0.334 e. The average molecular weight is 243 g/mol. The number of hydrogen-bond donors (Lipinski definition) is 1. The molecule has 1 N–H and O–H groups in total. The first-order valence-electron chi connectivity index (χ1n) is 5.17. The highest BCUT2D eigenvalue weighted by molar-refractivity contribution is 7.07. The van der Waals surface area contributed by atoms with Gasteiger partial charge < -0.3 is 9.84 Å². The van der Waals surface area contributed by atoms with Crippen LogP contribution in [-0.4, -0.2) is 42.3 Å². The first-order chi connectivity index (χ1) is 7.63. The van der Waals surface area contributed by atoms with Gasteiger partial charge in [0.2, 0.25) is 0 Å². The summed E-state index contributed by atoms with van der Waals surface area (Å²) in [6.45, 7) is 3.37. The predicted octanol–water partition coefficient (Wildman–Crippen LogP) is 1.67. The van der Waals surface area contributed by atoms with Crippen molar-refractivity contribution in [1.82, 2.24) is 4.90 Å². The number of carboxylic acids is 1. The summed E-state index contributed by atoms with van der Waals surface area (Å²) < 4.78 is 5.15. The van der Waals surface area contributed by atoms with Crippen LogP contribution >= 0.6 is 11.3 Å². The topological polar surface area (TPSA) is 49.8 Å². The molecule has 1 rings (SSSR count). The third kappa shape index (κ3) is 4.30. The SMILES string of the molecule is CCOC(CN(C)Cc1ccsc1)C(=O)O. The van der Waals surface area contributed by atoms with Crippen molar-refractivity contribution in [3.63, 3.8) is 0 Å². The molecule has 5 heteroatoms. The zero-order valence-electron chi connectivity index (χ0n) is 9.55. The van der Waals surface area contributed by atoms with Crippen LogP contribution in [0.3, 0.4) is 0 Å². The number of rotatable bonds is 7. The quantitative estimate of drug-likeness (QED) is 0.791. The molecule has 0 saturated carbocycles. The molecular formula is C11H17NO3S. The number of carboxylic acid groups (broad SMARTS) is 1. The van der Waals surface area contributed by atoms with Gasteiger partial charge in [0, 0.05) is 19.7 Å². The van der Waals surface area contributed by atoms with Gasteiger partial charge >= 0.3 is 5.97 Å². The maximum Gasteiger partial charge on any atom is 0.334 e. The summed E-state index contributed by atoms with van der Waals surface area (Å²) in [4.78, 5) is 12.8. The Bertz CT molecular complexity index is 313. The van der Waals surface area contributed by atoms with Crippen molar-refractivity contribution < 1.29 is 14.6 Å². The maximum absolute atomic E-state index is 10.9. The lowest BCUT2D eigenvalue weighted by atomic mass is 10.3. The van der Waals surface area contributed by atoms with Crippen molar-refractivity contribution in [2.45, 2.75) is 19.6 Å². The molecule has 0 fully saturated rings. The normalized spacial score (nSPS) is 12.9. The van der Waals surface area contributed by atoms with Crippen LogP contribution in [0.2, 0.25) is 0 Å². The molecule has 1 heterocycles. The molecule has 0 saturated heterocycles. The van der Waals surface area contributed by atoms with Crippen molar-refractivity contribution in [2.75, 3.05) is 20.2 Å². The van der Waals surface area contributed by atoms with Gasteiger partial charge in [0.15, 0.2) is 6.10 Å². The molecule has 0 amide bonds. The Morgan fingerprint density at radius 2 is 2.44 bits per heavy atom. The van der Waals surface area contributed by atoms with E-state index in [0.29, 0.717) is 13.2 Å². The molecule has 0 aliphatic carbocycles. The van der Waals surface area contributed by atoms with Gasteiger partial charge in [-0.3, -0.25) is 4.90 Å². The fourth-order valence-electron chi connectivity index (χ4n) is 1.45. The summed E-state index contributed by atoms with van der Waals surface area (Å²) in [6.07, 6.45) is -0.742. The van der Waals surface area contributed by atoms with Gasteiger partial charge in [0.05, 0.1) is 0 Å². The largest absolute Gasteiger partial charge is 0.479 e. The Labute approximate surface area is 99.5 Å². The Morgan fingerprint density at radius 3 is 2.94 bits per heavy atom. The van der Waals surface area contributed by atoms with Crippen LogP contribution in [0.15, 0.2) is 16.8 Å². The molecule has 1 aromatic heterocycles.